The first kappa shape index (κ1) is 27.1. The molecule has 0 bridgehead atoms. The van der Waals surface area contributed by atoms with Gasteiger partial charge in [0.1, 0.15) is 11.8 Å². The summed E-state index contributed by atoms with van der Waals surface area (Å²) >= 11 is 15.8. The maximum atomic E-state index is 13.5. The van der Waals surface area contributed by atoms with Gasteiger partial charge in [0.2, 0.25) is 5.91 Å². The van der Waals surface area contributed by atoms with Crippen LogP contribution in [0.15, 0.2) is 77.3 Å². The van der Waals surface area contributed by atoms with Gasteiger partial charge in [-0.1, -0.05) is 88.5 Å². The molecule has 0 radical (unpaired) electrons. The molecule has 0 heterocycles. The Bertz CT molecular complexity index is 1140. The van der Waals surface area contributed by atoms with E-state index in [1.165, 1.54) is 0 Å². The lowest BCUT2D eigenvalue weighted by molar-refractivity contribution is -0.142. The fourth-order valence-corrected chi connectivity index (χ4v) is 4.51. The molecule has 35 heavy (non-hydrogen) atoms. The van der Waals surface area contributed by atoms with E-state index in [0.29, 0.717) is 28.8 Å². The first-order valence-electron chi connectivity index (χ1n) is 11.3. The van der Waals surface area contributed by atoms with Crippen LogP contribution in [0, 0.1) is 0 Å². The van der Waals surface area contributed by atoms with Crippen molar-refractivity contribution in [2.24, 2.45) is 0 Å². The second-order valence-corrected chi connectivity index (χ2v) is 9.77. The number of nitrogens with zero attached hydrogens (tertiary/aromatic N) is 1. The highest BCUT2D eigenvalue weighted by Crippen LogP contribution is 2.28. The minimum Gasteiger partial charge on any atom is -0.482 e. The van der Waals surface area contributed by atoms with Crippen molar-refractivity contribution in [3.8, 4) is 5.75 Å². The molecule has 0 aliphatic carbocycles. The monoisotopic (exact) mass is 576 g/mol. The Balaban J connectivity index is 1.90. The molecule has 0 fully saturated rings. The topological polar surface area (TPSA) is 58.6 Å². The van der Waals surface area contributed by atoms with E-state index in [0.717, 1.165) is 22.0 Å². The quantitative estimate of drug-likeness (QED) is 0.291. The van der Waals surface area contributed by atoms with Gasteiger partial charge >= 0.3 is 0 Å². The SMILES string of the molecule is CCCNC(=O)[C@H](Cc1ccccc1)N(Cc1cccc(Cl)c1)C(=O)COc1ccc(Br)cc1Cl. The van der Waals surface area contributed by atoms with Crippen LogP contribution in [0.3, 0.4) is 0 Å². The standard InChI is InChI=1S/C27H27BrCl2N2O3/c1-2-13-31-27(34)24(15-19-7-4-3-5-8-19)32(17-20-9-6-10-22(29)14-20)26(33)18-35-25-12-11-21(28)16-23(25)30/h3-12,14,16,24H,2,13,15,17-18H2,1H3,(H,31,34)/t24-/m0/s1. The molecule has 8 heteroatoms. The van der Waals surface area contributed by atoms with Gasteiger partial charge in [-0.2, -0.15) is 0 Å². The van der Waals surface area contributed by atoms with E-state index in [4.69, 9.17) is 27.9 Å². The van der Waals surface area contributed by atoms with Gasteiger partial charge < -0.3 is 15.0 Å². The maximum Gasteiger partial charge on any atom is 0.261 e. The van der Waals surface area contributed by atoms with Crippen molar-refractivity contribution in [2.75, 3.05) is 13.2 Å². The van der Waals surface area contributed by atoms with Crippen LogP contribution in [0.2, 0.25) is 10.0 Å². The molecule has 0 spiro atoms. The summed E-state index contributed by atoms with van der Waals surface area (Å²) in [7, 11) is 0. The molecule has 0 saturated carbocycles. The van der Waals surface area contributed by atoms with Gasteiger partial charge in [0, 0.05) is 29.0 Å². The van der Waals surface area contributed by atoms with E-state index >= 15 is 0 Å². The van der Waals surface area contributed by atoms with Crippen LogP contribution < -0.4 is 10.1 Å². The number of carbonyl (C=O) groups excluding carboxylic acids is 2. The molecule has 0 unspecified atom stereocenters. The molecule has 0 saturated heterocycles. The lowest BCUT2D eigenvalue weighted by Crippen LogP contribution is -2.51. The Morgan fingerprint density at radius 1 is 1.00 bits per heavy atom. The highest BCUT2D eigenvalue weighted by atomic mass is 79.9. The van der Waals surface area contributed by atoms with Crippen LogP contribution in [-0.4, -0.2) is 35.9 Å². The summed E-state index contributed by atoms with van der Waals surface area (Å²) in [5.74, 6) is -0.162. The molecule has 184 valence electrons. The Morgan fingerprint density at radius 3 is 2.43 bits per heavy atom. The van der Waals surface area contributed by atoms with Crippen molar-refractivity contribution in [3.63, 3.8) is 0 Å². The van der Waals surface area contributed by atoms with Gasteiger partial charge in [-0.25, -0.2) is 0 Å². The van der Waals surface area contributed by atoms with E-state index < -0.39 is 6.04 Å². The van der Waals surface area contributed by atoms with Crippen molar-refractivity contribution in [1.82, 2.24) is 10.2 Å². The number of hydrogen-bond donors (Lipinski definition) is 1. The van der Waals surface area contributed by atoms with Gasteiger partial charge in [-0.15, -0.1) is 0 Å². The number of rotatable bonds is 11. The zero-order valence-corrected chi connectivity index (χ0v) is 22.4. The summed E-state index contributed by atoms with van der Waals surface area (Å²) in [4.78, 5) is 28.4. The summed E-state index contributed by atoms with van der Waals surface area (Å²) in [6.45, 7) is 2.44. The van der Waals surface area contributed by atoms with Gasteiger partial charge in [-0.05, 0) is 47.9 Å². The van der Waals surface area contributed by atoms with Crippen LogP contribution in [0.25, 0.3) is 0 Å². The van der Waals surface area contributed by atoms with Crippen LogP contribution in [0.5, 0.6) is 5.75 Å². The van der Waals surface area contributed by atoms with Gasteiger partial charge in [0.25, 0.3) is 5.91 Å². The van der Waals surface area contributed by atoms with Crippen molar-refractivity contribution < 1.29 is 14.3 Å². The highest BCUT2D eigenvalue weighted by molar-refractivity contribution is 9.10. The minimum absolute atomic E-state index is 0.202. The molecular weight excluding hydrogens is 551 g/mol. The van der Waals surface area contributed by atoms with E-state index in [1.807, 2.05) is 49.4 Å². The molecule has 5 nitrogen and oxygen atoms in total. The molecule has 0 aliphatic rings. The third-order valence-electron chi connectivity index (χ3n) is 5.31. The zero-order chi connectivity index (χ0) is 25.2. The van der Waals surface area contributed by atoms with Crippen molar-refractivity contribution in [1.29, 1.82) is 0 Å². The van der Waals surface area contributed by atoms with Crippen LogP contribution in [0.1, 0.15) is 24.5 Å². The van der Waals surface area contributed by atoms with E-state index in [9.17, 15) is 9.59 Å². The number of amides is 2. The van der Waals surface area contributed by atoms with E-state index in [1.54, 1.807) is 35.2 Å². The first-order chi connectivity index (χ1) is 16.9. The van der Waals surface area contributed by atoms with Gasteiger partial charge in [-0.3, -0.25) is 9.59 Å². The Kier molecular flexibility index (Phi) is 10.5. The normalized spacial score (nSPS) is 11.5. The molecule has 3 aromatic carbocycles. The second kappa shape index (κ2) is 13.5. The molecule has 1 atom stereocenters. The summed E-state index contributed by atoms with van der Waals surface area (Å²) in [5, 5.41) is 3.89. The predicted molar refractivity (Wildman–Crippen MR) is 144 cm³/mol. The van der Waals surface area contributed by atoms with Crippen molar-refractivity contribution in [3.05, 3.63) is 98.4 Å². The fraction of sp³-hybridized carbons (Fsp3) is 0.259. The summed E-state index contributed by atoms with van der Waals surface area (Å²) in [5.41, 5.74) is 1.76. The number of hydrogen-bond acceptors (Lipinski definition) is 3. The van der Waals surface area contributed by atoms with Crippen LogP contribution >= 0.6 is 39.1 Å². The minimum atomic E-state index is -0.737. The molecule has 3 rings (SSSR count). The smallest absolute Gasteiger partial charge is 0.261 e. The lowest BCUT2D eigenvalue weighted by Gasteiger charge is -2.31. The molecular formula is C27H27BrCl2N2O3. The summed E-state index contributed by atoms with van der Waals surface area (Å²) in [6.07, 6.45) is 1.15. The largest absolute Gasteiger partial charge is 0.482 e. The number of carbonyl (C=O) groups is 2. The number of halogens is 3. The lowest BCUT2D eigenvalue weighted by atomic mass is 10.0. The van der Waals surface area contributed by atoms with E-state index in [-0.39, 0.29) is 25.0 Å². The molecule has 2 amide bonds. The Labute approximate surface area is 224 Å². The fourth-order valence-electron chi connectivity index (χ4n) is 3.57. The third kappa shape index (κ3) is 8.27. The zero-order valence-electron chi connectivity index (χ0n) is 19.3. The van der Waals surface area contributed by atoms with Crippen molar-refractivity contribution in [2.45, 2.75) is 32.4 Å². The molecule has 0 aromatic heterocycles. The summed E-state index contributed by atoms with van der Waals surface area (Å²) < 4.78 is 6.56. The predicted octanol–water partition coefficient (Wildman–Crippen LogP) is 6.30. The van der Waals surface area contributed by atoms with Crippen molar-refractivity contribution >= 4 is 50.9 Å². The highest BCUT2D eigenvalue weighted by Gasteiger charge is 2.30. The number of benzene rings is 3. The number of nitrogens with one attached hydrogen (secondary N) is 1. The third-order valence-corrected chi connectivity index (χ3v) is 6.33. The second-order valence-electron chi connectivity index (χ2n) is 8.01. The van der Waals surface area contributed by atoms with Crippen LogP contribution in [0.4, 0.5) is 0 Å². The first-order valence-corrected chi connectivity index (χ1v) is 12.9. The Morgan fingerprint density at radius 2 is 1.74 bits per heavy atom. The average molecular weight is 578 g/mol. The maximum absolute atomic E-state index is 13.5. The Hall–Kier alpha value is -2.54. The van der Waals surface area contributed by atoms with Gasteiger partial charge in [0.15, 0.2) is 6.61 Å². The summed E-state index contributed by atoms with van der Waals surface area (Å²) in [6, 6.07) is 21.3. The van der Waals surface area contributed by atoms with E-state index in [2.05, 4.69) is 21.2 Å². The average Bonchev–Trinajstić information content (AvgIpc) is 2.84. The number of ether oxygens (including phenoxy) is 1. The van der Waals surface area contributed by atoms with Crippen LogP contribution in [-0.2, 0) is 22.6 Å². The molecule has 0 aliphatic heterocycles. The van der Waals surface area contributed by atoms with Gasteiger partial charge in [0.05, 0.1) is 5.02 Å². The molecule has 3 aromatic rings. The molecule has 1 N–H and O–H groups in total.